The summed E-state index contributed by atoms with van der Waals surface area (Å²) in [5, 5.41) is 4.70. The molecule has 0 bridgehead atoms. The lowest BCUT2D eigenvalue weighted by atomic mass is 10.1. The maximum atomic E-state index is 6.04. The largest absolute Gasteiger partial charge is 0.489 e. The highest BCUT2D eigenvalue weighted by atomic mass is 35.5. The van der Waals surface area contributed by atoms with E-state index in [9.17, 15) is 0 Å². The molecule has 2 aromatic heterocycles. The molecule has 1 aliphatic rings. The molecule has 3 heterocycles. The number of nitrogens with one attached hydrogen (secondary N) is 2. The van der Waals surface area contributed by atoms with Crippen LogP contribution in [0.4, 0.5) is 11.5 Å². The molecule has 6 nitrogen and oxygen atoms in total. The van der Waals surface area contributed by atoms with Gasteiger partial charge >= 0.3 is 0 Å². The minimum Gasteiger partial charge on any atom is -0.489 e. The fourth-order valence-corrected chi connectivity index (χ4v) is 2.92. The van der Waals surface area contributed by atoms with Gasteiger partial charge in [-0.25, -0.2) is 9.97 Å². The highest BCUT2D eigenvalue weighted by Gasteiger charge is 2.16. The second-order valence-electron chi connectivity index (χ2n) is 5.91. The Kier molecular flexibility index (Phi) is 3.61. The molecule has 1 aliphatic heterocycles. The predicted octanol–water partition coefficient (Wildman–Crippen LogP) is 4.07. The third-order valence-electron chi connectivity index (χ3n) is 3.74. The van der Waals surface area contributed by atoms with Gasteiger partial charge in [0.15, 0.2) is 0 Å². The molecule has 1 aromatic carbocycles. The van der Waals surface area contributed by atoms with Crippen molar-refractivity contribution in [1.82, 2.24) is 15.0 Å². The summed E-state index contributed by atoms with van der Waals surface area (Å²) in [6, 6.07) is 5.87. The highest BCUT2D eigenvalue weighted by Crippen LogP contribution is 2.34. The summed E-state index contributed by atoms with van der Waals surface area (Å²) in [7, 11) is 0. The average molecular weight is 342 g/mol. The quantitative estimate of drug-likeness (QED) is 0.750. The van der Waals surface area contributed by atoms with Gasteiger partial charge < -0.3 is 15.0 Å². The molecule has 4 rings (SSSR count). The summed E-state index contributed by atoms with van der Waals surface area (Å²) < 4.78 is 5.96. The monoisotopic (exact) mass is 341 g/mol. The van der Waals surface area contributed by atoms with Crippen LogP contribution in [0.25, 0.3) is 11.0 Å². The zero-order chi connectivity index (χ0) is 16.7. The third kappa shape index (κ3) is 2.69. The number of hydrogen-bond donors (Lipinski definition) is 2. The van der Waals surface area contributed by atoms with Crippen LogP contribution in [0.5, 0.6) is 5.75 Å². The van der Waals surface area contributed by atoms with Crippen molar-refractivity contribution in [3.05, 3.63) is 40.8 Å². The molecule has 0 aliphatic carbocycles. The minimum absolute atomic E-state index is 0.0676. The van der Waals surface area contributed by atoms with Crippen molar-refractivity contribution in [2.75, 3.05) is 5.32 Å². The highest BCUT2D eigenvalue weighted by molar-refractivity contribution is 6.30. The lowest BCUT2D eigenvalue weighted by molar-refractivity contribution is 0.243. The lowest BCUT2D eigenvalue weighted by Gasteiger charge is -2.17. The number of fused-ring (bicyclic) bond motifs is 2. The number of anilines is 2. The predicted molar refractivity (Wildman–Crippen MR) is 95.7 cm³/mol. The van der Waals surface area contributed by atoms with Gasteiger partial charge in [-0.2, -0.15) is 0 Å². The van der Waals surface area contributed by atoms with Crippen LogP contribution in [-0.2, 0) is 6.54 Å². The third-order valence-corrected chi connectivity index (χ3v) is 3.95. The summed E-state index contributed by atoms with van der Waals surface area (Å²) in [5.41, 5.74) is 3.78. The van der Waals surface area contributed by atoms with Crippen LogP contribution in [0.1, 0.15) is 25.0 Å². The molecule has 2 N–H and O–H groups in total. The first-order chi connectivity index (χ1) is 11.6. The number of hydrogen-bond acceptors (Lipinski definition) is 5. The maximum absolute atomic E-state index is 6.04. The second-order valence-corrected chi connectivity index (χ2v) is 6.32. The molecule has 0 saturated heterocycles. The van der Waals surface area contributed by atoms with Gasteiger partial charge in [0.2, 0.25) is 0 Å². The topological polar surface area (TPSA) is 75.2 Å². The van der Waals surface area contributed by atoms with Gasteiger partial charge in [-0.3, -0.25) is 4.99 Å². The first-order valence-electron chi connectivity index (χ1n) is 7.70. The van der Waals surface area contributed by atoms with Crippen LogP contribution in [0, 0.1) is 0 Å². The fourth-order valence-electron chi connectivity index (χ4n) is 2.72. The zero-order valence-corrected chi connectivity index (χ0v) is 14.1. The minimum atomic E-state index is 0.0676. The van der Waals surface area contributed by atoms with Crippen LogP contribution in [0.3, 0.4) is 0 Å². The van der Waals surface area contributed by atoms with Gasteiger partial charge in [0.25, 0.3) is 0 Å². The smallest absolute Gasteiger partial charge is 0.144 e. The van der Waals surface area contributed by atoms with Gasteiger partial charge in [-0.1, -0.05) is 11.6 Å². The van der Waals surface area contributed by atoms with Crippen molar-refractivity contribution in [2.24, 2.45) is 4.99 Å². The Labute approximate surface area is 143 Å². The summed E-state index contributed by atoms with van der Waals surface area (Å²) in [6.45, 7) is 4.69. The van der Waals surface area contributed by atoms with E-state index in [1.54, 1.807) is 6.07 Å². The van der Waals surface area contributed by atoms with Crippen LogP contribution in [-0.4, -0.2) is 27.3 Å². The maximum Gasteiger partial charge on any atom is 0.144 e. The molecule has 122 valence electrons. The first-order valence-corrected chi connectivity index (χ1v) is 8.07. The molecule has 7 heteroatoms. The first kappa shape index (κ1) is 15.0. The number of halogens is 1. The number of nitrogens with zero attached hydrogens (tertiary/aromatic N) is 3. The van der Waals surface area contributed by atoms with Gasteiger partial charge in [0.05, 0.1) is 23.7 Å². The lowest BCUT2D eigenvalue weighted by Crippen LogP contribution is -2.08. The Morgan fingerprint density at radius 1 is 1.25 bits per heavy atom. The Hall–Kier alpha value is -2.60. The van der Waals surface area contributed by atoms with E-state index in [2.05, 4.69) is 25.3 Å². The van der Waals surface area contributed by atoms with Gasteiger partial charge in [-0.05, 0) is 43.2 Å². The second kappa shape index (κ2) is 5.79. The molecule has 0 amide bonds. The number of aromatic nitrogens is 3. The number of aliphatic imine (C=N–C) groups is 1. The van der Waals surface area contributed by atoms with Gasteiger partial charge in [0.1, 0.15) is 28.7 Å². The van der Waals surface area contributed by atoms with E-state index in [1.807, 2.05) is 32.2 Å². The molecular weight excluding hydrogens is 326 g/mol. The van der Waals surface area contributed by atoms with E-state index in [1.165, 1.54) is 6.33 Å². The van der Waals surface area contributed by atoms with E-state index in [-0.39, 0.29) is 6.10 Å². The van der Waals surface area contributed by atoms with Crippen LogP contribution in [0.15, 0.2) is 29.5 Å². The number of H-pyrrole nitrogens is 1. The van der Waals surface area contributed by atoms with Crippen molar-refractivity contribution in [3.8, 4) is 5.75 Å². The molecule has 0 radical (unpaired) electrons. The van der Waals surface area contributed by atoms with Crippen molar-refractivity contribution in [1.29, 1.82) is 0 Å². The Balaban J connectivity index is 1.78. The summed E-state index contributed by atoms with van der Waals surface area (Å²) in [6.07, 6.45) is 3.44. The summed E-state index contributed by atoms with van der Waals surface area (Å²) in [4.78, 5) is 15.8. The Morgan fingerprint density at radius 3 is 2.96 bits per heavy atom. The number of ether oxygens (including phenoxy) is 1. The average Bonchev–Trinajstić information content (AvgIpc) is 3.12. The van der Waals surface area contributed by atoms with Crippen molar-refractivity contribution in [2.45, 2.75) is 26.5 Å². The van der Waals surface area contributed by atoms with Crippen LogP contribution >= 0.6 is 11.6 Å². The van der Waals surface area contributed by atoms with Crippen molar-refractivity contribution >= 4 is 40.4 Å². The normalized spacial score (nSPS) is 12.8. The number of benzene rings is 1. The zero-order valence-electron chi connectivity index (χ0n) is 13.3. The van der Waals surface area contributed by atoms with E-state index in [4.69, 9.17) is 16.3 Å². The molecule has 0 unspecified atom stereocenters. The van der Waals surface area contributed by atoms with E-state index >= 15 is 0 Å². The number of aromatic amines is 1. The van der Waals surface area contributed by atoms with E-state index in [0.29, 0.717) is 23.2 Å². The Morgan fingerprint density at radius 2 is 2.12 bits per heavy atom. The molecule has 3 aromatic rings. The SMILES string of the molecule is CC(C)Oc1cc2c(cc1Nc1ncnc3[nH]c(Cl)cc13)C=NC2. The molecule has 0 saturated carbocycles. The fraction of sp³-hybridized carbons (Fsp3) is 0.235. The summed E-state index contributed by atoms with van der Waals surface area (Å²) in [5.74, 6) is 1.45. The molecule has 0 spiro atoms. The van der Waals surface area contributed by atoms with E-state index < -0.39 is 0 Å². The van der Waals surface area contributed by atoms with Crippen LogP contribution in [0.2, 0.25) is 5.15 Å². The molecule has 0 fully saturated rings. The van der Waals surface area contributed by atoms with Crippen molar-refractivity contribution < 1.29 is 4.74 Å². The number of rotatable bonds is 4. The van der Waals surface area contributed by atoms with Crippen LogP contribution < -0.4 is 10.1 Å². The van der Waals surface area contributed by atoms with Crippen molar-refractivity contribution in [3.63, 3.8) is 0 Å². The Bertz CT molecular complexity index is 948. The van der Waals surface area contributed by atoms with Gasteiger partial charge in [0, 0.05) is 6.21 Å². The summed E-state index contributed by atoms with van der Waals surface area (Å²) >= 11 is 6.04. The molecule has 24 heavy (non-hydrogen) atoms. The molecule has 0 atom stereocenters. The molecular formula is C17H16ClN5O. The van der Waals surface area contributed by atoms with Gasteiger partial charge in [-0.15, -0.1) is 0 Å². The van der Waals surface area contributed by atoms with E-state index in [0.717, 1.165) is 28.0 Å². The standard InChI is InChI=1S/C17H16ClN5O/c1-9(2)24-14-4-11-7-19-6-10(11)3-13(14)22-16-12-5-15(18)23-17(12)21-8-20-16/h3-6,8-9H,7H2,1-2H3,(H2,20,21,22,23).